The Hall–Kier alpha value is -2.04. The van der Waals surface area contributed by atoms with E-state index < -0.39 is 0 Å². The van der Waals surface area contributed by atoms with E-state index in [1.54, 1.807) is 12.1 Å². The van der Waals surface area contributed by atoms with Gasteiger partial charge in [-0.15, -0.1) is 0 Å². The number of carbonyl (C=O) groups is 1. The van der Waals surface area contributed by atoms with Gasteiger partial charge in [0.25, 0.3) is 5.91 Å². The molecule has 1 atom stereocenters. The summed E-state index contributed by atoms with van der Waals surface area (Å²) in [7, 11) is 4.12. The SMILES string of the molecule is C[NH+](C)C[C@@H](NC(=O)COc1ccccc1Cl)c1ccccc1. The summed E-state index contributed by atoms with van der Waals surface area (Å²) in [6.07, 6.45) is 0. The van der Waals surface area contributed by atoms with Gasteiger partial charge in [-0.25, -0.2) is 0 Å². The summed E-state index contributed by atoms with van der Waals surface area (Å²) in [6, 6.07) is 17.0. The van der Waals surface area contributed by atoms with Crippen molar-refractivity contribution < 1.29 is 14.4 Å². The maximum Gasteiger partial charge on any atom is 0.258 e. The molecule has 122 valence electrons. The standard InChI is InChI=1S/C18H21ClN2O2/c1-21(2)12-16(14-8-4-3-5-9-14)20-18(22)13-23-17-11-7-6-10-15(17)19/h3-11,16H,12-13H2,1-2H3,(H,20,22)/p+1/t16-/m1/s1. The van der Waals surface area contributed by atoms with E-state index in [4.69, 9.17) is 16.3 Å². The summed E-state index contributed by atoms with van der Waals surface area (Å²) < 4.78 is 5.49. The minimum Gasteiger partial charge on any atom is -0.482 e. The van der Waals surface area contributed by atoms with E-state index in [1.165, 1.54) is 4.90 Å². The fraction of sp³-hybridized carbons (Fsp3) is 0.278. The first-order valence-corrected chi connectivity index (χ1v) is 7.94. The van der Waals surface area contributed by atoms with Crippen LogP contribution in [0.25, 0.3) is 0 Å². The Balaban J connectivity index is 1.96. The number of ether oxygens (including phenoxy) is 1. The Kier molecular flexibility index (Phi) is 6.44. The number of amides is 1. The molecule has 0 spiro atoms. The van der Waals surface area contributed by atoms with Gasteiger partial charge in [-0.3, -0.25) is 4.79 Å². The summed E-state index contributed by atoms with van der Waals surface area (Å²) in [6.45, 7) is 0.734. The molecule has 5 heteroatoms. The smallest absolute Gasteiger partial charge is 0.258 e. The van der Waals surface area contributed by atoms with Crippen molar-refractivity contribution in [3.8, 4) is 5.75 Å². The zero-order chi connectivity index (χ0) is 16.7. The Morgan fingerprint density at radius 2 is 1.78 bits per heavy atom. The lowest BCUT2D eigenvalue weighted by atomic mass is 10.1. The number of quaternary nitrogens is 1. The first-order chi connectivity index (χ1) is 11.1. The van der Waals surface area contributed by atoms with Gasteiger partial charge in [0, 0.05) is 0 Å². The number of rotatable bonds is 7. The molecule has 0 aliphatic carbocycles. The Morgan fingerprint density at radius 3 is 2.43 bits per heavy atom. The molecular weight excluding hydrogens is 312 g/mol. The van der Waals surface area contributed by atoms with Crippen LogP contribution in [0.3, 0.4) is 0 Å². The van der Waals surface area contributed by atoms with Crippen molar-refractivity contribution in [2.75, 3.05) is 27.2 Å². The Labute approximate surface area is 142 Å². The molecule has 0 aromatic heterocycles. The average molecular weight is 334 g/mol. The Bertz CT molecular complexity index is 632. The number of likely N-dealkylation sites (N-methyl/N-ethyl adjacent to an activating group) is 1. The van der Waals surface area contributed by atoms with Gasteiger partial charge in [-0.1, -0.05) is 54.1 Å². The Morgan fingerprint density at radius 1 is 1.13 bits per heavy atom. The van der Waals surface area contributed by atoms with Crippen LogP contribution in [0, 0.1) is 0 Å². The minimum atomic E-state index is -0.167. The van der Waals surface area contributed by atoms with Gasteiger partial charge >= 0.3 is 0 Å². The number of halogens is 1. The van der Waals surface area contributed by atoms with Gasteiger partial charge in [0.2, 0.25) is 0 Å². The third-order valence-corrected chi connectivity index (χ3v) is 3.66. The van der Waals surface area contributed by atoms with Crippen LogP contribution >= 0.6 is 11.6 Å². The molecule has 0 aliphatic rings. The first-order valence-electron chi connectivity index (χ1n) is 7.57. The van der Waals surface area contributed by atoms with Crippen LogP contribution in [0.2, 0.25) is 5.02 Å². The van der Waals surface area contributed by atoms with Gasteiger partial charge in [0.1, 0.15) is 18.3 Å². The maximum absolute atomic E-state index is 12.2. The van der Waals surface area contributed by atoms with Crippen molar-refractivity contribution >= 4 is 17.5 Å². The van der Waals surface area contributed by atoms with Gasteiger partial charge in [-0.2, -0.15) is 0 Å². The van der Waals surface area contributed by atoms with Crippen molar-refractivity contribution in [3.05, 3.63) is 65.2 Å². The third-order valence-electron chi connectivity index (χ3n) is 3.34. The number of nitrogens with one attached hydrogen (secondary N) is 2. The first kappa shape index (κ1) is 17.3. The molecule has 0 saturated carbocycles. The van der Waals surface area contributed by atoms with E-state index >= 15 is 0 Å². The lowest BCUT2D eigenvalue weighted by Gasteiger charge is -2.21. The lowest BCUT2D eigenvalue weighted by Crippen LogP contribution is -3.06. The van der Waals surface area contributed by atoms with Crippen molar-refractivity contribution in [1.82, 2.24) is 5.32 Å². The largest absolute Gasteiger partial charge is 0.482 e. The second-order valence-electron chi connectivity index (χ2n) is 5.66. The van der Waals surface area contributed by atoms with E-state index in [1.807, 2.05) is 42.5 Å². The van der Waals surface area contributed by atoms with Crippen LogP contribution in [0.1, 0.15) is 11.6 Å². The van der Waals surface area contributed by atoms with Crippen molar-refractivity contribution in [2.45, 2.75) is 6.04 Å². The van der Waals surface area contributed by atoms with Gasteiger partial charge in [0.15, 0.2) is 6.61 Å². The predicted molar refractivity (Wildman–Crippen MR) is 92.0 cm³/mol. The number of carbonyl (C=O) groups excluding carboxylic acids is 1. The van der Waals surface area contributed by atoms with E-state index in [2.05, 4.69) is 19.4 Å². The fourth-order valence-corrected chi connectivity index (χ4v) is 2.48. The molecule has 2 rings (SSSR count). The molecule has 0 unspecified atom stereocenters. The van der Waals surface area contributed by atoms with Gasteiger partial charge in [0.05, 0.1) is 19.1 Å². The molecule has 0 radical (unpaired) electrons. The normalized spacial score (nSPS) is 12.0. The second-order valence-corrected chi connectivity index (χ2v) is 6.07. The van der Waals surface area contributed by atoms with Crippen LogP contribution in [-0.2, 0) is 4.79 Å². The van der Waals surface area contributed by atoms with Gasteiger partial charge in [-0.05, 0) is 17.7 Å². The average Bonchev–Trinajstić information content (AvgIpc) is 2.54. The fourth-order valence-electron chi connectivity index (χ4n) is 2.29. The van der Waals surface area contributed by atoms with Crippen molar-refractivity contribution in [3.63, 3.8) is 0 Å². The number of para-hydroxylation sites is 1. The quantitative estimate of drug-likeness (QED) is 0.810. The van der Waals surface area contributed by atoms with Crippen molar-refractivity contribution in [2.24, 2.45) is 0 Å². The lowest BCUT2D eigenvalue weighted by molar-refractivity contribution is -0.860. The van der Waals surface area contributed by atoms with E-state index in [-0.39, 0.29) is 18.6 Å². The number of benzene rings is 2. The maximum atomic E-state index is 12.2. The second kappa shape index (κ2) is 8.56. The van der Waals surface area contributed by atoms with E-state index in [0.717, 1.165) is 12.1 Å². The summed E-state index contributed by atoms with van der Waals surface area (Å²) in [5, 5.41) is 3.52. The number of hydrogen-bond acceptors (Lipinski definition) is 2. The van der Waals surface area contributed by atoms with Crippen LogP contribution in [0.4, 0.5) is 0 Å². The highest BCUT2D eigenvalue weighted by atomic mass is 35.5. The molecule has 2 N–H and O–H groups in total. The molecule has 0 saturated heterocycles. The molecule has 0 fully saturated rings. The molecule has 1 amide bonds. The minimum absolute atomic E-state index is 0.0523. The highest BCUT2D eigenvalue weighted by molar-refractivity contribution is 6.32. The van der Waals surface area contributed by atoms with Crippen LogP contribution in [-0.4, -0.2) is 33.2 Å². The van der Waals surface area contributed by atoms with E-state index in [0.29, 0.717) is 10.8 Å². The monoisotopic (exact) mass is 333 g/mol. The zero-order valence-corrected chi connectivity index (χ0v) is 14.1. The topological polar surface area (TPSA) is 42.8 Å². The molecule has 0 heterocycles. The molecule has 4 nitrogen and oxygen atoms in total. The van der Waals surface area contributed by atoms with Crippen LogP contribution < -0.4 is 15.0 Å². The molecule has 0 bridgehead atoms. The molecule has 2 aromatic carbocycles. The van der Waals surface area contributed by atoms with Crippen molar-refractivity contribution in [1.29, 1.82) is 0 Å². The van der Waals surface area contributed by atoms with Crippen LogP contribution in [0.15, 0.2) is 54.6 Å². The van der Waals surface area contributed by atoms with Crippen LogP contribution in [0.5, 0.6) is 5.75 Å². The highest BCUT2D eigenvalue weighted by Crippen LogP contribution is 2.22. The third kappa shape index (κ3) is 5.58. The summed E-state index contributed by atoms with van der Waals surface area (Å²) in [4.78, 5) is 13.5. The summed E-state index contributed by atoms with van der Waals surface area (Å²) in [5.74, 6) is 0.346. The molecule has 0 aliphatic heterocycles. The summed E-state index contributed by atoms with van der Waals surface area (Å²) >= 11 is 6.02. The van der Waals surface area contributed by atoms with Gasteiger partial charge < -0.3 is 15.0 Å². The summed E-state index contributed by atoms with van der Waals surface area (Å²) in [5.41, 5.74) is 1.08. The molecular formula is C18H22ClN2O2+. The van der Waals surface area contributed by atoms with E-state index in [9.17, 15) is 4.79 Å². The molecule has 23 heavy (non-hydrogen) atoms. The zero-order valence-electron chi connectivity index (χ0n) is 13.4. The molecule has 2 aromatic rings. The predicted octanol–water partition coefficient (Wildman–Crippen LogP) is 1.72. The highest BCUT2D eigenvalue weighted by Gasteiger charge is 2.18. The number of hydrogen-bond donors (Lipinski definition) is 2.